The van der Waals surface area contributed by atoms with Crippen LogP contribution in [0, 0.1) is 0 Å². The van der Waals surface area contributed by atoms with Crippen LogP contribution in [0.1, 0.15) is 50.2 Å². The molecule has 0 amide bonds. The number of hydrogen-bond donors (Lipinski definition) is 1. The predicted molar refractivity (Wildman–Crippen MR) is 75.1 cm³/mol. The maximum atomic E-state index is 12.1. The normalized spacial score (nSPS) is 13.7. The third-order valence-electron chi connectivity index (χ3n) is 3.52. The lowest BCUT2D eigenvalue weighted by atomic mass is 9.99. The van der Waals surface area contributed by atoms with Crippen molar-refractivity contribution in [2.75, 3.05) is 13.7 Å². The van der Waals surface area contributed by atoms with Crippen molar-refractivity contribution < 1.29 is 17.9 Å². The van der Waals surface area contributed by atoms with Crippen LogP contribution in [-0.2, 0) is 24.1 Å². The van der Waals surface area contributed by atoms with Crippen molar-refractivity contribution in [3.05, 3.63) is 17.0 Å². The van der Waals surface area contributed by atoms with Crippen LogP contribution >= 0.6 is 0 Å². The molecule has 0 aliphatic heterocycles. The van der Waals surface area contributed by atoms with E-state index in [1.165, 1.54) is 0 Å². The van der Waals surface area contributed by atoms with Crippen LogP contribution in [0.3, 0.4) is 0 Å². The third-order valence-corrected chi connectivity index (χ3v) is 3.52. The number of nitrogens with zero attached hydrogens (tertiary/aromatic N) is 2. The zero-order chi connectivity index (χ0) is 16.0. The Morgan fingerprint density at radius 2 is 1.90 bits per heavy atom. The SMILES string of the molecule is CCc1nn(CCOC(F)(F)F)c(CC)c1C(CC)NC. The van der Waals surface area contributed by atoms with Gasteiger partial charge in [-0.1, -0.05) is 20.8 Å². The first kappa shape index (κ1) is 18.0. The molecule has 0 aromatic carbocycles. The molecule has 7 heteroatoms. The summed E-state index contributed by atoms with van der Waals surface area (Å²) in [6, 6.07) is 0.173. The van der Waals surface area contributed by atoms with Crippen molar-refractivity contribution in [3.8, 4) is 0 Å². The Morgan fingerprint density at radius 1 is 1.24 bits per heavy atom. The number of hydrogen-bond acceptors (Lipinski definition) is 3. The van der Waals surface area contributed by atoms with Crippen LogP contribution in [-0.4, -0.2) is 29.8 Å². The van der Waals surface area contributed by atoms with E-state index in [2.05, 4.69) is 22.1 Å². The molecule has 0 aliphatic carbocycles. The van der Waals surface area contributed by atoms with Gasteiger partial charge in [-0.25, -0.2) is 0 Å². The lowest BCUT2D eigenvalue weighted by Crippen LogP contribution is -2.20. The van der Waals surface area contributed by atoms with Crippen molar-refractivity contribution in [1.29, 1.82) is 0 Å². The zero-order valence-corrected chi connectivity index (χ0v) is 13.0. The molecule has 21 heavy (non-hydrogen) atoms. The molecule has 1 aromatic rings. The third kappa shape index (κ3) is 4.71. The number of alkyl halides is 3. The van der Waals surface area contributed by atoms with Crippen molar-refractivity contribution in [1.82, 2.24) is 15.1 Å². The lowest BCUT2D eigenvalue weighted by Gasteiger charge is -2.16. The minimum absolute atomic E-state index is 0.107. The first-order valence-corrected chi connectivity index (χ1v) is 7.34. The topological polar surface area (TPSA) is 39.1 Å². The Bertz CT molecular complexity index is 439. The Hall–Kier alpha value is -1.08. The molecular weight excluding hydrogens is 283 g/mol. The molecule has 1 heterocycles. The molecule has 1 atom stereocenters. The van der Waals surface area contributed by atoms with E-state index in [9.17, 15) is 13.2 Å². The van der Waals surface area contributed by atoms with Crippen molar-refractivity contribution >= 4 is 0 Å². The molecule has 1 unspecified atom stereocenters. The molecule has 1 rings (SSSR count). The Labute approximate surface area is 123 Å². The van der Waals surface area contributed by atoms with Crippen LogP contribution < -0.4 is 5.32 Å². The Balaban J connectivity index is 2.99. The molecule has 0 bridgehead atoms. The van der Waals surface area contributed by atoms with Crippen LogP contribution in [0.25, 0.3) is 0 Å². The number of aryl methyl sites for hydroxylation is 1. The number of rotatable bonds is 8. The molecule has 0 saturated carbocycles. The maximum absolute atomic E-state index is 12.1. The van der Waals surface area contributed by atoms with E-state index in [-0.39, 0.29) is 12.6 Å². The number of nitrogens with one attached hydrogen (secondary N) is 1. The smallest absolute Gasteiger partial charge is 0.313 e. The Morgan fingerprint density at radius 3 is 2.33 bits per heavy atom. The van der Waals surface area contributed by atoms with Gasteiger partial charge in [-0.15, -0.1) is 13.2 Å². The summed E-state index contributed by atoms with van der Waals surface area (Å²) in [5.41, 5.74) is 3.05. The maximum Gasteiger partial charge on any atom is 0.522 e. The average Bonchev–Trinajstić information content (AvgIpc) is 2.77. The molecule has 0 radical (unpaired) electrons. The van der Waals surface area contributed by atoms with Gasteiger partial charge in [-0.05, 0) is 26.3 Å². The first-order valence-electron chi connectivity index (χ1n) is 7.34. The summed E-state index contributed by atoms with van der Waals surface area (Å²) in [5.74, 6) is 0. The fourth-order valence-corrected chi connectivity index (χ4v) is 2.59. The van der Waals surface area contributed by atoms with E-state index in [1.54, 1.807) is 4.68 Å². The highest BCUT2D eigenvalue weighted by Gasteiger charge is 2.29. The molecule has 0 fully saturated rings. The van der Waals surface area contributed by atoms with Gasteiger partial charge >= 0.3 is 6.36 Å². The average molecular weight is 307 g/mol. The summed E-state index contributed by atoms with van der Waals surface area (Å²) in [6.45, 7) is 5.75. The fraction of sp³-hybridized carbons (Fsp3) is 0.786. The summed E-state index contributed by atoms with van der Waals surface area (Å²) in [7, 11) is 1.89. The molecule has 4 nitrogen and oxygen atoms in total. The molecular formula is C14H24F3N3O. The summed E-state index contributed by atoms with van der Waals surface area (Å²) in [4.78, 5) is 0. The molecule has 1 aromatic heterocycles. The summed E-state index contributed by atoms with van der Waals surface area (Å²) in [5, 5.41) is 7.71. The van der Waals surface area contributed by atoms with Crippen molar-refractivity contribution in [2.24, 2.45) is 0 Å². The highest BCUT2D eigenvalue weighted by molar-refractivity contribution is 5.30. The molecule has 0 aliphatic rings. The minimum Gasteiger partial charge on any atom is -0.313 e. The second-order valence-electron chi connectivity index (χ2n) is 4.78. The number of aromatic nitrogens is 2. The predicted octanol–water partition coefficient (Wildman–Crippen LogP) is 3.21. The molecule has 0 saturated heterocycles. The van der Waals surface area contributed by atoms with E-state index >= 15 is 0 Å². The second-order valence-corrected chi connectivity index (χ2v) is 4.78. The van der Waals surface area contributed by atoms with E-state index in [4.69, 9.17) is 0 Å². The monoisotopic (exact) mass is 307 g/mol. The standard InChI is InChI=1S/C14H24F3N3O/c1-5-10(18-4)13-11(6-2)19-20(12(13)7-3)8-9-21-14(15,16)17/h10,18H,5-9H2,1-4H3. The first-order chi connectivity index (χ1) is 9.87. The van der Waals surface area contributed by atoms with Crippen LogP contribution in [0.5, 0.6) is 0 Å². The van der Waals surface area contributed by atoms with Gasteiger partial charge < -0.3 is 5.32 Å². The van der Waals surface area contributed by atoms with Crippen molar-refractivity contribution in [3.63, 3.8) is 0 Å². The number of halogens is 3. The fourth-order valence-electron chi connectivity index (χ4n) is 2.59. The second kappa shape index (κ2) is 7.79. The zero-order valence-electron chi connectivity index (χ0n) is 13.0. The lowest BCUT2D eigenvalue weighted by molar-refractivity contribution is -0.325. The van der Waals surface area contributed by atoms with Gasteiger partial charge in [0.15, 0.2) is 0 Å². The summed E-state index contributed by atoms with van der Waals surface area (Å²) in [6.07, 6.45) is -2.20. The Kier molecular flexibility index (Phi) is 6.67. The van der Waals surface area contributed by atoms with E-state index in [1.807, 2.05) is 20.9 Å². The van der Waals surface area contributed by atoms with Crippen LogP contribution in [0.4, 0.5) is 13.2 Å². The van der Waals surface area contributed by atoms with Crippen LogP contribution in [0.2, 0.25) is 0 Å². The van der Waals surface area contributed by atoms with Gasteiger partial charge in [0.25, 0.3) is 0 Å². The van der Waals surface area contributed by atoms with Gasteiger partial charge in [0.05, 0.1) is 18.8 Å². The highest BCUT2D eigenvalue weighted by atomic mass is 19.4. The highest BCUT2D eigenvalue weighted by Crippen LogP contribution is 2.26. The van der Waals surface area contributed by atoms with E-state index < -0.39 is 13.0 Å². The van der Waals surface area contributed by atoms with E-state index in [0.717, 1.165) is 36.2 Å². The largest absolute Gasteiger partial charge is 0.522 e. The quantitative estimate of drug-likeness (QED) is 0.801. The van der Waals surface area contributed by atoms with Gasteiger partial charge in [-0.3, -0.25) is 9.42 Å². The minimum atomic E-state index is -4.59. The van der Waals surface area contributed by atoms with Gasteiger partial charge in [0.1, 0.15) is 0 Å². The van der Waals surface area contributed by atoms with Crippen molar-refractivity contribution in [2.45, 2.75) is 59.0 Å². The van der Waals surface area contributed by atoms with Gasteiger partial charge in [-0.2, -0.15) is 5.10 Å². The van der Waals surface area contributed by atoms with Crippen LogP contribution in [0.15, 0.2) is 0 Å². The molecule has 0 spiro atoms. The van der Waals surface area contributed by atoms with Gasteiger partial charge in [0.2, 0.25) is 0 Å². The number of ether oxygens (including phenoxy) is 1. The molecule has 122 valence electrons. The summed E-state index contributed by atoms with van der Waals surface area (Å²) >= 11 is 0. The van der Waals surface area contributed by atoms with E-state index in [0.29, 0.717) is 0 Å². The van der Waals surface area contributed by atoms with Gasteiger partial charge in [0, 0.05) is 17.3 Å². The molecule has 1 N–H and O–H groups in total. The summed E-state index contributed by atoms with van der Waals surface area (Å²) < 4.78 is 41.7.